The Morgan fingerprint density at radius 2 is 1.78 bits per heavy atom. The van der Waals surface area contributed by atoms with Crippen LogP contribution in [-0.4, -0.2) is 52.8 Å². The largest absolute Gasteiger partial charge is 0.497 e. The van der Waals surface area contributed by atoms with Gasteiger partial charge in [0.1, 0.15) is 11.5 Å². The number of thioether (sulfide) groups is 1. The van der Waals surface area contributed by atoms with Crippen LogP contribution in [0.15, 0.2) is 46.2 Å². The van der Waals surface area contributed by atoms with Crippen LogP contribution in [0.4, 0.5) is 0 Å². The van der Waals surface area contributed by atoms with Crippen LogP contribution in [0, 0.1) is 0 Å². The van der Waals surface area contributed by atoms with Crippen molar-refractivity contribution >= 4 is 27.7 Å². The van der Waals surface area contributed by atoms with Crippen LogP contribution in [0.2, 0.25) is 0 Å². The average Bonchev–Trinajstić information content (AvgIpc) is 2.82. The Labute approximate surface area is 194 Å². The quantitative estimate of drug-likeness (QED) is 0.575. The molecule has 2 aromatic carbocycles. The number of amides is 1. The van der Waals surface area contributed by atoms with E-state index < -0.39 is 16.1 Å². The summed E-state index contributed by atoms with van der Waals surface area (Å²) in [6.45, 7) is 3.15. The Balaban J connectivity index is 1.90. The van der Waals surface area contributed by atoms with E-state index in [4.69, 9.17) is 9.47 Å². The molecule has 1 heterocycles. The fourth-order valence-electron chi connectivity index (χ4n) is 3.83. The van der Waals surface area contributed by atoms with Gasteiger partial charge in [0.25, 0.3) is 5.91 Å². The van der Waals surface area contributed by atoms with Crippen LogP contribution in [0.5, 0.6) is 11.5 Å². The molecule has 0 unspecified atom stereocenters. The number of likely N-dealkylation sites (tertiary alicyclic amines) is 1. The number of hydrogen-bond acceptors (Lipinski definition) is 6. The predicted octanol–water partition coefficient (Wildman–Crippen LogP) is 4.09. The molecule has 0 aliphatic carbocycles. The first-order valence-electron chi connectivity index (χ1n) is 10.5. The summed E-state index contributed by atoms with van der Waals surface area (Å²) in [4.78, 5) is 15.8. The Bertz CT molecular complexity index is 1070. The highest BCUT2D eigenvalue weighted by Gasteiger charge is 2.25. The number of nitrogens with one attached hydrogen (secondary N) is 1. The van der Waals surface area contributed by atoms with E-state index >= 15 is 0 Å². The molecule has 2 aromatic rings. The summed E-state index contributed by atoms with van der Waals surface area (Å²) >= 11 is 1.43. The number of rotatable bonds is 8. The van der Waals surface area contributed by atoms with Gasteiger partial charge in [-0.3, -0.25) is 4.79 Å². The number of piperidine rings is 1. The lowest BCUT2D eigenvalue weighted by molar-refractivity contribution is 0.0720. The summed E-state index contributed by atoms with van der Waals surface area (Å²) in [5.41, 5.74) is 1.08. The van der Waals surface area contributed by atoms with Crippen LogP contribution in [0.25, 0.3) is 0 Å². The lowest BCUT2D eigenvalue weighted by Gasteiger charge is -2.27. The SMILES string of the molecule is COc1ccc(OC)c([C@@H](C)NS(=O)(=O)c2ccc(SC)c(C(=O)N3CCCCC3)c2)c1. The van der Waals surface area contributed by atoms with E-state index in [2.05, 4.69) is 4.72 Å². The first-order valence-corrected chi connectivity index (χ1v) is 13.2. The first kappa shape index (κ1) is 24.4. The number of carbonyl (C=O) groups excluding carboxylic acids is 1. The molecule has 174 valence electrons. The number of nitrogens with zero attached hydrogens (tertiary/aromatic N) is 1. The zero-order valence-electron chi connectivity index (χ0n) is 18.9. The van der Waals surface area contributed by atoms with Gasteiger partial charge in [-0.25, -0.2) is 13.1 Å². The monoisotopic (exact) mass is 478 g/mol. The second-order valence-corrected chi connectivity index (χ2v) is 10.2. The van der Waals surface area contributed by atoms with E-state index in [0.29, 0.717) is 35.7 Å². The van der Waals surface area contributed by atoms with Crippen molar-refractivity contribution in [3.8, 4) is 11.5 Å². The average molecular weight is 479 g/mol. The lowest BCUT2D eigenvalue weighted by atomic mass is 10.1. The van der Waals surface area contributed by atoms with Gasteiger partial charge in [-0.05, 0) is 68.8 Å². The predicted molar refractivity (Wildman–Crippen MR) is 126 cm³/mol. The second kappa shape index (κ2) is 10.6. The molecule has 1 N–H and O–H groups in total. The highest BCUT2D eigenvalue weighted by molar-refractivity contribution is 7.98. The van der Waals surface area contributed by atoms with Crippen molar-refractivity contribution in [2.45, 2.75) is 42.0 Å². The van der Waals surface area contributed by atoms with Gasteiger partial charge in [0.2, 0.25) is 10.0 Å². The van der Waals surface area contributed by atoms with E-state index in [-0.39, 0.29) is 10.8 Å². The van der Waals surface area contributed by atoms with Crippen molar-refractivity contribution in [2.24, 2.45) is 0 Å². The molecule has 3 rings (SSSR count). The molecule has 0 aromatic heterocycles. The maximum atomic E-state index is 13.2. The van der Waals surface area contributed by atoms with Crippen molar-refractivity contribution in [1.82, 2.24) is 9.62 Å². The molecule has 0 radical (unpaired) electrons. The van der Waals surface area contributed by atoms with Gasteiger partial charge >= 0.3 is 0 Å². The summed E-state index contributed by atoms with van der Waals surface area (Å²) in [6, 6.07) is 9.38. The molecule has 1 saturated heterocycles. The second-order valence-electron chi connectivity index (χ2n) is 7.67. The van der Waals surface area contributed by atoms with Gasteiger partial charge in [0, 0.05) is 29.6 Å². The highest BCUT2D eigenvalue weighted by atomic mass is 32.2. The van der Waals surface area contributed by atoms with E-state index in [1.807, 2.05) is 11.2 Å². The van der Waals surface area contributed by atoms with Gasteiger partial charge < -0.3 is 14.4 Å². The summed E-state index contributed by atoms with van der Waals surface area (Å²) in [7, 11) is -0.806. The Hall–Kier alpha value is -2.23. The molecule has 7 nitrogen and oxygen atoms in total. The van der Waals surface area contributed by atoms with Gasteiger partial charge in [0.05, 0.1) is 24.7 Å². The van der Waals surface area contributed by atoms with E-state index in [0.717, 1.165) is 24.2 Å². The lowest BCUT2D eigenvalue weighted by Crippen LogP contribution is -2.36. The third-order valence-corrected chi connectivity index (χ3v) is 7.92. The van der Waals surface area contributed by atoms with Gasteiger partial charge in [-0.1, -0.05) is 0 Å². The number of benzene rings is 2. The van der Waals surface area contributed by atoms with Crippen molar-refractivity contribution in [3.63, 3.8) is 0 Å². The fraction of sp³-hybridized carbons (Fsp3) is 0.435. The van der Waals surface area contributed by atoms with Crippen LogP contribution in [0.1, 0.15) is 48.1 Å². The maximum Gasteiger partial charge on any atom is 0.255 e. The Morgan fingerprint density at radius 3 is 2.41 bits per heavy atom. The minimum atomic E-state index is -3.89. The molecule has 1 aliphatic heterocycles. The molecular formula is C23H30N2O5S2. The van der Waals surface area contributed by atoms with Crippen molar-refractivity contribution in [3.05, 3.63) is 47.5 Å². The normalized spacial score (nSPS) is 15.3. The summed E-state index contributed by atoms with van der Waals surface area (Å²) < 4.78 is 39.8. The minimum absolute atomic E-state index is 0.0596. The molecule has 1 aliphatic rings. The van der Waals surface area contributed by atoms with Gasteiger partial charge in [-0.15, -0.1) is 11.8 Å². The Morgan fingerprint density at radius 1 is 1.06 bits per heavy atom. The van der Waals surface area contributed by atoms with Gasteiger partial charge in [-0.2, -0.15) is 0 Å². The zero-order valence-corrected chi connectivity index (χ0v) is 20.5. The number of ether oxygens (including phenoxy) is 2. The van der Waals surface area contributed by atoms with Crippen molar-refractivity contribution in [1.29, 1.82) is 0 Å². The topological polar surface area (TPSA) is 84.9 Å². The van der Waals surface area contributed by atoms with Crippen LogP contribution >= 0.6 is 11.8 Å². The smallest absolute Gasteiger partial charge is 0.255 e. The summed E-state index contributed by atoms with van der Waals surface area (Å²) in [5.74, 6) is 1.04. The molecule has 32 heavy (non-hydrogen) atoms. The zero-order chi connectivity index (χ0) is 23.3. The highest BCUT2D eigenvalue weighted by Crippen LogP contribution is 2.31. The number of carbonyl (C=O) groups is 1. The first-order chi connectivity index (χ1) is 15.3. The maximum absolute atomic E-state index is 13.2. The van der Waals surface area contributed by atoms with Crippen LogP contribution in [-0.2, 0) is 10.0 Å². The van der Waals surface area contributed by atoms with Crippen molar-refractivity contribution < 1.29 is 22.7 Å². The standard InChI is InChI=1S/C23H30N2O5S2/c1-16(19-14-17(29-2)8-10-21(19)30-3)24-32(27,28)18-9-11-22(31-4)20(15-18)23(26)25-12-6-5-7-13-25/h8-11,14-16,24H,5-7,12-13H2,1-4H3/t16-/m1/s1. The van der Waals surface area contributed by atoms with E-state index in [1.165, 1.54) is 31.0 Å². The van der Waals surface area contributed by atoms with Crippen molar-refractivity contribution in [2.75, 3.05) is 33.6 Å². The summed E-state index contributed by atoms with van der Waals surface area (Å²) in [6.07, 6.45) is 4.94. The fourth-order valence-corrected chi connectivity index (χ4v) is 5.65. The molecule has 1 fully saturated rings. The Kier molecular flexibility index (Phi) is 8.08. The molecular weight excluding hydrogens is 448 g/mol. The molecule has 1 atom stereocenters. The minimum Gasteiger partial charge on any atom is -0.497 e. The van der Waals surface area contributed by atoms with E-state index in [1.54, 1.807) is 38.3 Å². The van der Waals surface area contributed by atoms with E-state index in [9.17, 15) is 13.2 Å². The van der Waals surface area contributed by atoms with Crippen LogP contribution in [0.3, 0.4) is 0 Å². The number of methoxy groups -OCH3 is 2. The van der Waals surface area contributed by atoms with Gasteiger partial charge in [0.15, 0.2) is 0 Å². The number of hydrogen-bond donors (Lipinski definition) is 1. The molecule has 1 amide bonds. The van der Waals surface area contributed by atoms with Crippen LogP contribution < -0.4 is 14.2 Å². The molecule has 0 spiro atoms. The molecule has 0 saturated carbocycles. The molecule has 0 bridgehead atoms. The molecule has 9 heteroatoms. The third-order valence-electron chi connectivity index (χ3n) is 5.59. The summed E-state index contributed by atoms with van der Waals surface area (Å²) in [5, 5.41) is 0. The third kappa shape index (κ3) is 5.39. The number of sulfonamides is 1.